The minimum Gasteiger partial charge on any atom is -0.494 e. The Morgan fingerprint density at radius 3 is 2.68 bits per heavy atom. The van der Waals surface area contributed by atoms with E-state index in [0.717, 1.165) is 35.1 Å². The lowest BCUT2D eigenvalue weighted by atomic mass is 10.2. The molecule has 0 fully saturated rings. The molecule has 1 heterocycles. The predicted molar refractivity (Wildman–Crippen MR) is 97.7 cm³/mol. The van der Waals surface area contributed by atoms with E-state index in [0.29, 0.717) is 12.3 Å². The molecule has 3 aromatic rings. The molecule has 0 N–H and O–H groups in total. The second-order valence-electron chi connectivity index (χ2n) is 5.81. The van der Waals surface area contributed by atoms with E-state index in [2.05, 4.69) is 11.9 Å². The Bertz CT molecular complexity index is 846. The number of ether oxygens (including phenoxy) is 2. The van der Waals surface area contributed by atoms with Crippen molar-refractivity contribution in [3.63, 3.8) is 0 Å². The van der Waals surface area contributed by atoms with Crippen molar-refractivity contribution < 1.29 is 14.3 Å². The summed E-state index contributed by atoms with van der Waals surface area (Å²) in [5, 5.41) is 0.939. The van der Waals surface area contributed by atoms with Gasteiger partial charge in [-0.1, -0.05) is 49.7 Å². The van der Waals surface area contributed by atoms with Gasteiger partial charge in [0.1, 0.15) is 18.1 Å². The molecule has 0 unspecified atom stereocenters. The van der Waals surface area contributed by atoms with E-state index < -0.39 is 5.97 Å². The van der Waals surface area contributed by atoms with Crippen LogP contribution in [0.15, 0.2) is 60.7 Å². The summed E-state index contributed by atoms with van der Waals surface area (Å²) < 4.78 is 11.0. The highest BCUT2D eigenvalue weighted by Crippen LogP contribution is 2.20. The van der Waals surface area contributed by atoms with Gasteiger partial charge in [0.15, 0.2) is 0 Å². The molecule has 0 spiro atoms. The lowest BCUT2D eigenvalue weighted by Crippen LogP contribution is -2.07. The molecule has 2 aromatic carbocycles. The Kier molecular flexibility index (Phi) is 5.62. The molecule has 0 atom stereocenters. The van der Waals surface area contributed by atoms with Crippen molar-refractivity contribution in [2.75, 3.05) is 6.61 Å². The number of unbranched alkanes of at least 4 members (excludes halogenated alkanes) is 1. The van der Waals surface area contributed by atoms with Gasteiger partial charge >= 0.3 is 5.97 Å². The van der Waals surface area contributed by atoms with Crippen LogP contribution in [0.25, 0.3) is 10.9 Å². The minimum atomic E-state index is -0.422. The van der Waals surface area contributed by atoms with Crippen LogP contribution in [0.1, 0.15) is 35.8 Å². The molecule has 3 rings (SSSR count). The van der Waals surface area contributed by atoms with Gasteiger partial charge in [-0.15, -0.1) is 0 Å². The third kappa shape index (κ3) is 4.57. The number of carbonyl (C=O) groups is 1. The third-order valence-corrected chi connectivity index (χ3v) is 3.85. The normalized spacial score (nSPS) is 10.6. The number of fused-ring (bicyclic) bond motifs is 1. The zero-order valence-corrected chi connectivity index (χ0v) is 14.3. The van der Waals surface area contributed by atoms with Gasteiger partial charge in [-0.2, -0.15) is 0 Å². The number of rotatable bonds is 7. The van der Waals surface area contributed by atoms with Crippen molar-refractivity contribution in [3.8, 4) is 5.75 Å². The number of carbonyl (C=O) groups excluding carboxylic acids is 1. The Hall–Kier alpha value is -2.88. The third-order valence-electron chi connectivity index (χ3n) is 3.85. The number of nitrogens with zero attached hydrogens (tertiary/aromatic N) is 1. The van der Waals surface area contributed by atoms with Crippen LogP contribution in [-0.4, -0.2) is 17.6 Å². The fourth-order valence-corrected chi connectivity index (χ4v) is 2.44. The van der Waals surface area contributed by atoms with Gasteiger partial charge in [0.25, 0.3) is 0 Å². The Labute approximate surface area is 147 Å². The van der Waals surface area contributed by atoms with Crippen LogP contribution < -0.4 is 4.74 Å². The zero-order valence-electron chi connectivity index (χ0n) is 14.3. The first-order chi connectivity index (χ1) is 12.3. The summed E-state index contributed by atoms with van der Waals surface area (Å²) in [6.07, 6.45) is 2.13. The molecule has 4 nitrogen and oxygen atoms in total. The number of pyridine rings is 1. The van der Waals surface area contributed by atoms with E-state index >= 15 is 0 Å². The van der Waals surface area contributed by atoms with Gasteiger partial charge in [0, 0.05) is 5.39 Å². The molecule has 0 aliphatic heterocycles. The first-order valence-electron chi connectivity index (χ1n) is 8.51. The molecule has 25 heavy (non-hydrogen) atoms. The quantitative estimate of drug-likeness (QED) is 0.461. The summed E-state index contributed by atoms with van der Waals surface area (Å²) in [4.78, 5) is 16.6. The van der Waals surface area contributed by atoms with Crippen LogP contribution in [0.2, 0.25) is 0 Å². The van der Waals surface area contributed by atoms with E-state index in [-0.39, 0.29) is 6.61 Å². The van der Waals surface area contributed by atoms with Crippen molar-refractivity contribution in [1.29, 1.82) is 0 Å². The van der Waals surface area contributed by atoms with Crippen LogP contribution >= 0.6 is 0 Å². The van der Waals surface area contributed by atoms with Crippen molar-refractivity contribution in [3.05, 3.63) is 71.9 Å². The van der Waals surface area contributed by atoms with E-state index in [1.165, 1.54) is 0 Å². The largest absolute Gasteiger partial charge is 0.494 e. The zero-order chi connectivity index (χ0) is 17.5. The Balaban J connectivity index is 1.68. The van der Waals surface area contributed by atoms with Gasteiger partial charge in [-0.3, -0.25) is 0 Å². The highest BCUT2D eigenvalue weighted by atomic mass is 16.5. The molecular formula is C21H21NO3. The summed E-state index contributed by atoms with van der Waals surface area (Å²) in [5.41, 5.74) is 2.01. The van der Waals surface area contributed by atoms with Gasteiger partial charge in [-0.25, -0.2) is 9.78 Å². The maximum atomic E-state index is 12.2. The molecule has 128 valence electrons. The summed E-state index contributed by atoms with van der Waals surface area (Å²) in [6.45, 7) is 3.08. The number of benzene rings is 2. The average Bonchev–Trinajstić information content (AvgIpc) is 2.66. The highest BCUT2D eigenvalue weighted by molar-refractivity contribution is 5.91. The van der Waals surface area contributed by atoms with Crippen LogP contribution in [-0.2, 0) is 11.3 Å². The summed E-state index contributed by atoms with van der Waals surface area (Å²) in [7, 11) is 0. The number of esters is 1. The van der Waals surface area contributed by atoms with Crippen molar-refractivity contribution >= 4 is 16.9 Å². The van der Waals surface area contributed by atoms with E-state index in [1.807, 2.05) is 54.6 Å². The molecular weight excluding hydrogens is 314 g/mol. The van der Waals surface area contributed by atoms with E-state index in [4.69, 9.17) is 9.47 Å². The number of aromatic nitrogens is 1. The predicted octanol–water partition coefficient (Wildman–Crippen LogP) is 4.77. The number of hydrogen-bond acceptors (Lipinski definition) is 4. The second-order valence-corrected chi connectivity index (χ2v) is 5.81. The molecule has 4 heteroatoms. The minimum absolute atomic E-state index is 0.240. The van der Waals surface area contributed by atoms with Crippen LogP contribution in [0.3, 0.4) is 0 Å². The van der Waals surface area contributed by atoms with Crippen molar-refractivity contribution in [1.82, 2.24) is 4.98 Å². The van der Waals surface area contributed by atoms with Crippen molar-refractivity contribution in [2.24, 2.45) is 0 Å². The van der Waals surface area contributed by atoms with Crippen LogP contribution in [0, 0.1) is 0 Å². The SMILES string of the molecule is CCCCOc1ccc2nc(C(=O)OCc3ccccc3)ccc2c1. The lowest BCUT2D eigenvalue weighted by molar-refractivity contribution is 0.0466. The molecule has 0 aliphatic carbocycles. The first kappa shape index (κ1) is 17.0. The van der Waals surface area contributed by atoms with Crippen LogP contribution in [0.4, 0.5) is 0 Å². The lowest BCUT2D eigenvalue weighted by Gasteiger charge is -2.08. The fourth-order valence-electron chi connectivity index (χ4n) is 2.44. The molecule has 0 radical (unpaired) electrons. The summed E-state index contributed by atoms with van der Waals surface area (Å²) in [6, 6.07) is 18.8. The number of hydrogen-bond donors (Lipinski definition) is 0. The van der Waals surface area contributed by atoms with Gasteiger partial charge in [-0.05, 0) is 36.2 Å². The van der Waals surface area contributed by atoms with Gasteiger partial charge in [0.05, 0.1) is 12.1 Å². The van der Waals surface area contributed by atoms with Gasteiger partial charge < -0.3 is 9.47 Å². The smallest absolute Gasteiger partial charge is 0.357 e. The molecule has 0 saturated carbocycles. The first-order valence-corrected chi connectivity index (χ1v) is 8.51. The summed E-state index contributed by atoms with van der Waals surface area (Å²) in [5.74, 6) is 0.399. The highest BCUT2D eigenvalue weighted by Gasteiger charge is 2.10. The Morgan fingerprint density at radius 1 is 1.04 bits per heavy atom. The molecule has 1 aromatic heterocycles. The topological polar surface area (TPSA) is 48.4 Å². The molecule has 0 bridgehead atoms. The van der Waals surface area contributed by atoms with E-state index in [1.54, 1.807) is 6.07 Å². The molecule has 0 amide bonds. The van der Waals surface area contributed by atoms with E-state index in [9.17, 15) is 4.79 Å². The Morgan fingerprint density at radius 2 is 1.88 bits per heavy atom. The average molecular weight is 335 g/mol. The van der Waals surface area contributed by atoms with Crippen LogP contribution in [0.5, 0.6) is 5.75 Å². The monoisotopic (exact) mass is 335 g/mol. The fraction of sp³-hybridized carbons (Fsp3) is 0.238. The van der Waals surface area contributed by atoms with Gasteiger partial charge in [0.2, 0.25) is 0 Å². The standard InChI is InChI=1S/C21H21NO3/c1-2-3-13-24-18-10-12-19-17(14-18)9-11-20(22-19)21(23)25-15-16-7-5-4-6-8-16/h4-12,14H,2-3,13,15H2,1H3. The maximum absolute atomic E-state index is 12.2. The molecule has 0 saturated heterocycles. The molecule has 0 aliphatic rings. The maximum Gasteiger partial charge on any atom is 0.357 e. The van der Waals surface area contributed by atoms with Crippen molar-refractivity contribution in [2.45, 2.75) is 26.4 Å². The second kappa shape index (κ2) is 8.29. The summed E-state index contributed by atoms with van der Waals surface area (Å²) >= 11 is 0.